The lowest BCUT2D eigenvalue weighted by Crippen LogP contribution is -1.94. The fourth-order valence-electron chi connectivity index (χ4n) is 1.98. The van der Waals surface area contributed by atoms with Crippen LogP contribution in [-0.2, 0) is 12.3 Å². The van der Waals surface area contributed by atoms with Crippen LogP contribution in [0.25, 0.3) is 0 Å². The first-order valence-electron chi connectivity index (χ1n) is 6.06. The van der Waals surface area contributed by atoms with Gasteiger partial charge >= 0.3 is 0 Å². The van der Waals surface area contributed by atoms with E-state index in [9.17, 15) is 0 Å². The second-order valence-electron chi connectivity index (χ2n) is 4.44. The molecule has 0 aliphatic carbocycles. The van der Waals surface area contributed by atoms with Crippen LogP contribution in [0.3, 0.4) is 0 Å². The summed E-state index contributed by atoms with van der Waals surface area (Å²) >= 11 is 12.0. The maximum absolute atomic E-state index is 6.05. The smallest absolute Gasteiger partial charge is 0.0557 e. The summed E-state index contributed by atoms with van der Waals surface area (Å²) in [4.78, 5) is 0. The summed E-state index contributed by atoms with van der Waals surface area (Å²) in [5, 5.41) is 0.0641. The standard InChI is InChI=1S/C16H16Cl2/c1-12(18)14-8-6-13(7-9-14)10-15-4-2-3-5-16(15)11-17/h2-9,12H,10-11H2,1H3. The molecule has 1 unspecified atom stereocenters. The van der Waals surface area contributed by atoms with Gasteiger partial charge in [0.15, 0.2) is 0 Å². The molecule has 1 atom stereocenters. The van der Waals surface area contributed by atoms with Crippen molar-refractivity contribution in [1.82, 2.24) is 0 Å². The average molecular weight is 279 g/mol. The summed E-state index contributed by atoms with van der Waals surface area (Å²) in [5.74, 6) is 0.562. The minimum absolute atomic E-state index is 0.0641. The van der Waals surface area contributed by atoms with Crippen molar-refractivity contribution in [2.45, 2.75) is 24.6 Å². The van der Waals surface area contributed by atoms with E-state index in [1.54, 1.807) is 0 Å². The molecule has 18 heavy (non-hydrogen) atoms. The molecule has 0 nitrogen and oxygen atoms in total. The van der Waals surface area contributed by atoms with E-state index in [0.29, 0.717) is 5.88 Å². The second kappa shape index (κ2) is 6.26. The first kappa shape index (κ1) is 13.5. The fraction of sp³-hybridized carbons (Fsp3) is 0.250. The SMILES string of the molecule is CC(Cl)c1ccc(Cc2ccccc2CCl)cc1. The van der Waals surface area contributed by atoms with Crippen LogP contribution in [0.1, 0.15) is 34.6 Å². The van der Waals surface area contributed by atoms with Crippen molar-refractivity contribution < 1.29 is 0 Å². The van der Waals surface area contributed by atoms with Crippen LogP contribution in [0.15, 0.2) is 48.5 Å². The van der Waals surface area contributed by atoms with Crippen LogP contribution < -0.4 is 0 Å². The lowest BCUT2D eigenvalue weighted by Gasteiger charge is -2.08. The Hall–Kier alpha value is -0.980. The molecule has 2 aromatic rings. The van der Waals surface area contributed by atoms with E-state index in [2.05, 4.69) is 42.5 Å². The Balaban J connectivity index is 2.18. The molecule has 0 fully saturated rings. The third kappa shape index (κ3) is 3.28. The topological polar surface area (TPSA) is 0 Å². The minimum atomic E-state index is 0.0641. The van der Waals surface area contributed by atoms with Crippen LogP contribution in [0.5, 0.6) is 0 Å². The molecule has 2 aromatic carbocycles. The van der Waals surface area contributed by atoms with Gasteiger partial charge in [0.1, 0.15) is 0 Å². The van der Waals surface area contributed by atoms with Gasteiger partial charge in [-0.2, -0.15) is 0 Å². The molecule has 2 rings (SSSR count). The number of halogens is 2. The molecule has 0 bridgehead atoms. The Morgan fingerprint density at radius 3 is 2.11 bits per heavy atom. The van der Waals surface area contributed by atoms with Crippen molar-refractivity contribution in [2.24, 2.45) is 0 Å². The number of benzene rings is 2. The van der Waals surface area contributed by atoms with Crippen molar-refractivity contribution in [3.8, 4) is 0 Å². The van der Waals surface area contributed by atoms with Gasteiger partial charge in [-0.15, -0.1) is 23.2 Å². The van der Waals surface area contributed by atoms with E-state index < -0.39 is 0 Å². The monoisotopic (exact) mass is 278 g/mol. The number of hydrogen-bond donors (Lipinski definition) is 0. The molecule has 0 heterocycles. The Bertz CT molecular complexity index is 501. The number of alkyl halides is 2. The maximum atomic E-state index is 6.05. The van der Waals surface area contributed by atoms with Crippen molar-refractivity contribution >= 4 is 23.2 Å². The van der Waals surface area contributed by atoms with Gasteiger partial charge in [-0.05, 0) is 35.6 Å². The lowest BCUT2D eigenvalue weighted by molar-refractivity contribution is 1.07. The highest BCUT2D eigenvalue weighted by Gasteiger charge is 2.04. The zero-order valence-corrected chi connectivity index (χ0v) is 11.9. The largest absolute Gasteiger partial charge is 0.122 e. The highest BCUT2D eigenvalue weighted by Crippen LogP contribution is 2.21. The van der Waals surface area contributed by atoms with Gasteiger partial charge in [0.25, 0.3) is 0 Å². The molecule has 94 valence electrons. The summed E-state index contributed by atoms with van der Waals surface area (Å²) < 4.78 is 0. The Kier molecular flexibility index (Phi) is 4.68. The van der Waals surface area contributed by atoms with Crippen LogP contribution in [-0.4, -0.2) is 0 Å². The predicted octanol–water partition coefficient (Wildman–Crippen LogP) is 5.32. The normalized spacial score (nSPS) is 12.4. The van der Waals surface area contributed by atoms with E-state index in [-0.39, 0.29) is 5.38 Å². The quantitative estimate of drug-likeness (QED) is 0.665. The van der Waals surface area contributed by atoms with Gasteiger partial charge in [-0.25, -0.2) is 0 Å². The van der Waals surface area contributed by atoms with Crippen molar-refractivity contribution in [2.75, 3.05) is 0 Å². The van der Waals surface area contributed by atoms with Gasteiger partial charge < -0.3 is 0 Å². The summed E-state index contributed by atoms with van der Waals surface area (Å²) in [5.41, 5.74) is 4.94. The molecule has 2 heteroatoms. The van der Waals surface area contributed by atoms with Gasteiger partial charge in [-0.3, -0.25) is 0 Å². The van der Waals surface area contributed by atoms with E-state index in [0.717, 1.165) is 12.0 Å². The van der Waals surface area contributed by atoms with Gasteiger partial charge in [0.05, 0.1) is 5.38 Å². The van der Waals surface area contributed by atoms with Crippen LogP contribution >= 0.6 is 23.2 Å². The summed E-state index contributed by atoms with van der Waals surface area (Å²) in [6.45, 7) is 1.99. The Morgan fingerprint density at radius 1 is 0.944 bits per heavy atom. The third-order valence-corrected chi connectivity index (χ3v) is 3.64. The van der Waals surface area contributed by atoms with Gasteiger partial charge in [0, 0.05) is 5.88 Å². The summed E-state index contributed by atoms with van der Waals surface area (Å²) in [7, 11) is 0. The first-order chi connectivity index (χ1) is 8.70. The lowest BCUT2D eigenvalue weighted by atomic mass is 9.99. The zero-order chi connectivity index (χ0) is 13.0. The van der Waals surface area contributed by atoms with E-state index in [1.165, 1.54) is 16.7 Å². The minimum Gasteiger partial charge on any atom is -0.122 e. The second-order valence-corrected chi connectivity index (χ2v) is 5.36. The van der Waals surface area contributed by atoms with E-state index >= 15 is 0 Å². The van der Waals surface area contributed by atoms with Crippen LogP contribution in [0.4, 0.5) is 0 Å². The van der Waals surface area contributed by atoms with Gasteiger partial charge in [0.2, 0.25) is 0 Å². The van der Waals surface area contributed by atoms with Crippen molar-refractivity contribution in [3.05, 3.63) is 70.8 Å². The number of rotatable bonds is 4. The average Bonchev–Trinajstić information content (AvgIpc) is 2.40. The molecule has 0 aliphatic rings. The molecule has 0 saturated carbocycles. The highest BCUT2D eigenvalue weighted by molar-refractivity contribution is 6.20. The molecular formula is C16H16Cl2. The maximum Gasteiger partial charge on any atom is 0.0557 e. The zero-order valence-electron chi connectivity index (χ0n) is 10.4. The third-order valence-electron chi connectivity index (χ3n) is 3.10. The van der Waals surface area contributed by atoms with Gasteiger partial charge in [-0.1, -0.05) is 48.5 Å². The molecule has 0 radical (unpaired) electrons. The molecule has 0 amide bonds. The molecule has 0 aromatic heterocycles. The fourth-order valence-corrected chi connectivity index (χ4v) is 2.39. The number of hydrogen-bond acceptors (Lipinski definition) is 0. The Morgan fingerprint density at radius 2 is 1.56 bits per heavy atom. The molecular weight excluding hydrogens is 263 g/mol. The highest BCUT2D eigenvalue weighted by atomic mass is 35.5. The van der Waals surface area contributed by atoms with Crippen molar-refractivity contribution in [3.63, 3.8) is 0 Å². The van der Waals surface area contributed by atoms with Crippen LogP contribution in [0, 0.1) is 0 Å². The first-order valence-corrected chi connectivity index (χ1v) is 7.03. The van der Waals surface area contributed by atoms with Crippen LogP contribution in [0.2, 0.25) is 0 Å². The van der Waals surface area contributed by atoms with E-state index in [4.69, 9.17) is 23.2 Å². The summed E-state index contributed by atoms with van der Waals surface area (Å²) in [6, 6.07) is 16.8. The van der Waals surface area contributed by atoms with Crippen molar-refractivity contribution in [1.29, 1.82) is 0 Å². The Labute approximate surface area is 119 Å². The summed E-state index contributed by atoms with van der Waals surface area (Å²) in [6.07, 6.45) is 0.917. The van der Waals surface area contributed by atoms with E-state index in [1.807, 2.05) is 13.0 Å². The molecule has 0 saturated heterocycles. The molecule has 0 N–H and O–H groups in total. The molecule has 0 aliphatic heterocycles. The predicted molar refractivity (Wildman–Crippen MR) is 79.5 cm³/mol. The molecule has 0 spiro atoms.